The quantitative estimate of drug-likeness (QED) is 0.717. The Balaban J connectivity index is 1.66. The minimum Gasteiger partial charge on any atom is -0.494 e. The van der Waals surface area contributed by atoms with E-state index in [2.05, 4.69) is 6.92 Å². The lowest BCUT2D eigenvalue weighted by Crippen LogP contribution is -2.50. The van der Waals surface area contributed by atoms with Gasteiger partial charge in [0.1, 0.15) is 5.75 Å². The third kappa shape index (κ3) is 4.24. The molecule has 1 aromatic heterocycles. The molecule has 1 aliphatic rings. The van der Waals surface area contributed by atoms with E-state index in [1.165, 1.54) is 26.1 Å². The maximum atomic E-state index is 12.9. The highest BCUT2D eigenvalue weighted by Gasteiger charge is 2.31. The van der Waals surface area contributed by atoms with Crippen molar-refractivity contribution in [3.05, 3.63) is 45.6 Å². The summed E-state index contributed by atoms with van der Waals surface area (Å²) in [7, 11) is -3.57. The van der Waals surface area contributed by atoms with Gasteiger partial charge in [-0.3, -0.25) is 4.79 Å². The number of sulfonamides is 1. The fourth-order valence-electron chi connectivity index (χ4n) is 3.29. The highest BCUT2D eigenvalue weighted by atomic mass is 32.2. The SMILES string of the molecule is CCOc1ccc(S(=O)(=O)N2CCN(C(=O)c3cc(CC)c(C)s3)CC2)cc1. The van der Waals surface area contributed by atoms with Crippen LogP contribution < -0.4 is 4.74 Å². The fourth-order valence-corrected chi connectivity index (χ4v) is 5.79. The van der Waals surface area contributed by atoms with Crippen molar-refractivity contribution in [3.8, 4) is 5.75 Å². The minimum atomic E-state index is -3.57. The van der Waals surface area contributed by atoms with Crippen LogP contribution in [0.5, 0.6) is 5.75 Å². The summed E-state index contributed by atoms with van der Waals surface area (Å²) in [5.74, 6) is 0.639. The van der Waals surface area contributed by atoms with Gasteiger partial charge in [-0.05, 0) is 56.2 Å². The summed E-state index contributed by atoms with van der Waals surface area (Å²) >= 11 is 1.51. The van der Waals surface area contributed by atoms with Gasteiger partial charge in [-0.15, -0.1) is 11.3 Å². The highest BCUT2D eigenvalue weighted by molar-refractivity contribution is 7.89. The molecule has 0 spiro atoms. The number of piperazine rings is 1. The fraction of sp³-hybridized carbons (Fsp3) is 0.450. The summed E-state index contributed by atoms with van der Waals surface area (Å²) in [4.78, 5) is 16.7. The van der Waals surface area contributed by atoms with Crippen molar-refractivity contribution in [1.82, 2.24) is 9.21 Å². The molecule has 0 unspecified atom stereocenters. The van der Waals surface area contributed by atoms with E-state index in [1.807, 2.05) is 19.9 Å². The number of thiophene rings is 1. The van der Waals surface area contributed by atoms with Gasteiger partial charge in [0.25, 0.3) is 5.91 Å². The first-order valence-electron chi connectivity index (χ1n) is 9.48. The predicted octanol–water partition coefficient (Wildman–Crippen LogP) is 3.16. The predicted molar refractivity (Wildman–Crippen MR) is 111 cm³/mol. The van der Waals surface area contributed by atoms with Gasteiger partial charge in [-0.1, -0.05) is 6.92 Å². The molecule has 6 nitrogen and oxygen atoms in total. The molecule has 3 rings (SSSR count). The molecule has 0 bridgehead atoms. The summed E-state index contributed by atoms with van der Waals surface area (Å²) in [5.41, 5.74) is 1.20. The summed E-state index contributed by atoms with van der Waals surface area (Å²) in [6, 6.07) is 8.43. The Morgan fingerprint density at radius 3 is 2.29 bits per heavy atom. The molecular weight excluding hydrogens is 396 g/mol. The normalized spacial score (nSPS) is 15.6. The van der Waals surface area contributed by atoms with Crippen LogP contribution in [0.15, 0.2) is 35.2 Å². The maximum absolute atomic E-state index is 12.9. The second kappa shape index (κ2) is 8.63. The monoisotopic (exact) mass is 422 g/mol. The molecule has 1 amide bonds. The molecule has 0 aliphatic carbocycles. The van der Waals surface area contributed by atoms with E-state index < -0.39 is 10.0 Å². The van der Waals surface area contributed by atoms with E-state index in [0.717, 1.165) is 11.3 Å². The van der Waals surface area contributed by atoms with Crippen LogP contribution in [0.4, 0.5) is 0 Å². The van der Waals surface area contributed by atoms with Crippen LogP contribution in [0.25, 0.3) is 0 Å². The number of rotatable bonds is 6. The van der Waals surface area contributed by atoms with Crippen molar-refractivity contribution >= 4 is 27.3 Å². The van der Waals surface area contributed by atoms with Gasteiger partial charge >= 0.3 is 0 Å². The maximum Gasteiger partial charge on any atom is 0.264 e. The molecule has 1 saturated heterocycles. The largest absolute Gasteiger partial charge is 0.494 e. The molecule has 0 N–H and O–H groups in total. The first kappa shape index (κ1) is 20.8. The molecule has 1 aliphatic heterocycles. The van der Waals surface area contributed by atoms with Crippen LogP contribution in [0.1, 0.15) is 34.0 Å². The van der Waals surface area contributed by atoms with Gasteiger partial charge in [0.15, 0.2) is 0 Å². The van der Waals surface area contributed by atoms with Crippen molar-refractivity contribution in [2.75, 3.05) is 32.8 Å². The van der Waals surface area contributed by atoms with Crippen molar-refractivity contribution in [1.29, 1.82) is 0 Å². The minimum absolute atomic E-state index is 0.00841. The number of amides is 1. The van der Waals surface area contributed by atoms with Crippen LogP contribution in [-0.4, -0.2) is 56.3 Å². The smallest absolute Gasteiger partial charge is 0.264 e. The topological polar surface area (TPSA) is 66.9 Å². The number of aryl methyl sites for hydroxylation is 2. The first-order valence-corrected chi connectivity index (χ1v) is 11.7. The van der Waals surface area contributed by atoms with Gasteiger partial charge in [0.05, 0.1) is 16.4 Å². The van der Waals surface area contributed by atoms with Crippen molar-refractivity contribution < 1.29 is 17.9 Å². The Hall–Kier alpha value is -1.90. The molecule has 0 radical (unpaired) electrons. The molecule has 1 fully saturated rings. The number of carbonyl (C=O) groups is 1. The summed E-state index contributed by atoms with van der Waals surface area (Å²) < 4.78 is 32.6. The molecule has 2 heterocycles. The summed E-state index contributed by atoms with van der Waals surface area (Å²) in [6.45, 7) is 7.91. The van der Waals surface area contributed by atoms with E-state index in [4.69, 9.17) is 4.74 Å². The van der Waals surface area contributed by atoms with Crippen LogP contribution in [0, 0.1) is 6.92 Å². The standard InChI is InChI=1S/C20H26N2O4S2/c1-4-16-14-19(27-15(16)3)20(23)21-10-12-22(13-11-21)28(24,25)18-8-6-17(7-9-18)26-5-2/h6-9,14H,4-5,10-13H2,1-3H3. The Morgan fingerprint density at radius 1 is 1.11 bits per heavy atom. The molecule has 0 saturated carbocycles. The van der Waals surface area contributed by atoms with Gasteiger partial charge in [-0.25, -0.2) is 8.42 Å². The van der Waals surface area contributed by atoms with Crippen molar-refractivity contribution in [3.63, 3.8) is 0 Å². The third-order valence-corrected chi connectivity index (χ3v) is 7.90. The molecule has 8 heteroatoms. The van der Waals surface area contributed by atoms with Gasteiger partial charge in [-0.2, -0.15) is 4.31 Å². The molecule has 28 heavy (non-hydrogen) atoms. The van der Waals surface area contributed by atoms with E-state index in [-0.39, 0.29) is 10.8 Å². The lowest BCUT2D eigenvalue weighted by Gasteiger charge is -2.33. The van der Waals surface area contributed by atoms with Crippen LogP contribution >= 0.6 is 11.3 Å². The Morgan fingerprint density at radius 2 is 1.75 bits per heavy atom. The molecule has 1 aromatic carbocycles. The van der Waals surface area contributed by atoms with E-state index >= 15 is 0 Å². The Bertz CT molecular complexity index is 928. The van der Waals surface area contributed by atoms with Crippen molar-refractivity contribution in [2.45, 2.75) is 32.1 Å². The number of hydrogen-bond donors (Lipinski definition) is 0. The lowest BCUT2D eigenvalue weighted by molar-refractivity contribution is 0.0702. The summed E-state index contributed by atoms with van der Waals surface area (Å²) in [6.07, 6.45) is 0.906. The number of hydrogen-bond acceptors (Lipinski definition) is 5. The molecule has 152 valence electrons. The van der Waals surface area contributed by atoms with Crippen LogP contribution in [-0.2, 0) is 16.4 Å². The van der Waals surface area contributed by atoms with Gasteiger partial charge < -0.3 is 9.64 Å². The Labute approximate surface area is 170 Å². The molecule has 0 atom stereocenters. The second-order valence-electron chi connectivity index (χ2n) is 6.65. The highest BCUT2D eigenvalue weighted by Crippen LogP contribution is 2.25. The number of carbonyl (C=O) groups excluding carboxylic acids is 1. The number of ether oxygens (including phenoxy) is 1. The van der Waals surface area contributed by atoms with E-state index in [9.17, 15) is 13.2 Å². The molecule has 2 aromatic rings. The molecular formula is C20H26N2O4S2. The zero-order valence-corrected chi connectivity index (χ0v) is 18.1. The lowest BCUT2D eigenvalue weighted by atomic mass is 10.2. The van der Waals surface area contributed by atoms with E-state index in [1.54, 1.807) is 29.2 Å². The van der Waals surface area contributed by atoms with Crippen LogP contribution in [0.3, 0.4) is 0 Å². The van der Waals surface area contributed by atoms with Crippen molar-refractivity contribution in [2.24, 2.45) is 0 Å². The number of benzene rings is 1. The first-order chi connectivity index (χ1) is 13.4. The zero-order valence-electron chi connectivity index (χ0n) is 16.5. The number of nitrogens with zero attached hydrogens (tertiary/aromatic N) is 2. The van der Waals surface area contributed by atoms with Gasteiger partial charge in [0.2, 0.25) is 10.0 Å². The average Bonchev–Trinajstić information content (AvgIpc) is 3.09. The van der Waals surface area contributed by atoms with Crippen LogP contribution in [0.2, 0.25) is 0 Å². The Kier molecular flexibility index (Phi) is 6.42. The second-order valence-corrected chi connectivity index (χ2v) is 9.84. The van der Waals surface area contributed by atoms with E-state index in [0.29, 0.717) is 38.5 Å². The summed E-state index contributed by atoms with van der Waals surface area (Å²) in [5, 5.41) is 0. The van der Waals surface area contributed by atoms with Gasteiger partial charge in [0, 0.05) is 31.1 Å². The average molecular weight is 423 g/mol. The third-order valence-electron chi connectivity index (χ3n) is 4.91. The zero-order chi connectivity index (χ0) is 20.3.